The molecule has 0 bridgehead atoms. The molecule has 1 atom stereocenters. The minimum absolute atomic E-state index is 0.0455. The number of aromatic nitrogens is 2. The maximum atomic E-state index is 12.0. The van der Waals surface area contributed by atoms with Crippen LogP contribution in [0, 0.1) is 0 Å². The van der Waals surface area contributed by atoms with E-state index < -0.39 is 0 Å². The number of hydrogen-bond donors (Lipinski definition) is 2. The summed E-state index contributed by atoms with van der Waals surface area (Å²) in [5, 5.41) is 10.2. The summed E-state index contributed by atoms with van der Waals surface area (Å²) >= 11 is 0. The summed E-state index contributed by atoms with van der Waals surface area (Å²) in [6.07, 6.45) is 3.08. The van der Waals surface area contributed by atoms with E-state index in [1.165, 1.54) is 0 Å². The van der Waals surface area contributed by atoms with Crippen molar-refractivity contribution in [1.29, 1.82) is 0 Å². The first-order chi connectivity index (χ1) is 11.3. The molecule has 2 N–H and O–H groups in total. The lowest BCUT2D eigenvalue weighted by atomic mass is 10.1. The van der Waals surface area contributed by atoms with Gasteiger partial charge in [-0.05, 0) is 31.5 Å². The monoisotopic (exact) mass is 314 g/mol. The molecule has 0 aliphatic carbocycles. The molecule has 1 fully saturated rings. The fourth-order valence-corrected chi connectivity index (χ4v) is 2.64. The number of carbonyl (C=O) groups is 1. The lowest BCUT2D eigenvalue weighted by molar-refractivity contribution is 0.0953. The van der Waals surface area contributed by atoms with E-state index in [1.807, 2.05) is 12.1 Å². The standard InChI is InChI=1S/C17H22N4O2/c1-2-3-9-19-16(22)13-6-4-12(5-7-13)15-20-17(23-21-15)14-8-10-18-11-14/h4-7,14,18H,2-3,8-11H2,1H3,(H,19,22). The maximum Gasteiger partial charge on any atom is 0.251 e. The van der Waals surface area contributed by atoms with Gasteiger partial charge in [0.25, 0.3) is 5.91 Å². The average Bonchev–Trinajstić information content (AvgIpc) is 3.26. The van der Waals surface area contributed by atoms with Gasteiger partial charge in [0.15, 0.2) is 0 Å². The Morgan fingerprint density at radius 3 is 2.91 bits per heavy atom. The Morgan fingerprint density at radius 2 is 2.22 bits per heavy atom. The van der Waals surface area contributed by atoms with Crippen molar-refractivity contribution in [2.24, 2.45) is 0 Å². The van der Waals surface area contributed by atoms with Crippen molar-refractivity contribution in [3.63, 3.8) is 0 Å². The number of amides is 1. The van der Waals surface area contributed by atoms with E-state index >= 15 is 0 Å². The fraction of sp³-hybridized carbons (Fsp3) is 0.471. The zero-order valence-electron chi connectivity index (χ0n) is 13.3. The van der Waals surface area contributed by atoms with Gasteiger partial charge in [-0.2, -0.15) is 4.98 Å². The van der Waals surface area contributed by atoms with Crippen LogP contribution in [0.3, 0.4) is 0 Å². The SMILES string of the molecule is CCCCNC(=O)c1ccc(-c2noc(C3CCNC3)n2)cc1. The molecule has 1 aromatic heterocycles. The maximum absolute atomic E-state index is 12.0. The van der Waals surface area contributed by atoms with Gasteiger partial charge in [0.2, 0.25) is 11.7 Å². The first-order valence-corrected chi connectivity index (χ1v) is 8.21. The Hall–Kier alpha value is -2.21. The average molecular weight is 314 g/mol. The fourth-order valence-electron chi connectivity index (χ4n) is 2.64. The van der Waals surface area contributed by atoms with E-state index in [1.54, 1.807) is 12.1 Å². The zero-order valence-corrected chi connectivity index (χ0v) is 13.3. The lowest BCUT2D eigenvalue weighted by Crippen LogP contribution is -2.24. The third kappa shape index (κ3) is 3.76. The minimum atomic E-state index is -0.0455. The van der Waals surface area contributed by atoms with Gasteiger partial charge in [0, 0.05) is 24.2 Å². The molecule has 122 valence electrons. The van der Waals surface area contributed by atoms with Crippen LogP contribution in [0.5, 0.6) is 0 Å². The Kier molecular flexibility index (Phi) is 5.02. The number of carbonyl (C=O) groups excluding carboxylic acids is 1. The van der Waals surface area contributed by atoms with Crippen LogP contribution in [-0.4, -0.2) is 35.7 Å². The molecule has 2 aromatic rings. The van der Waals surface area contributed by atoms with Crippen LogP contribution >= 0.6 is 0 Å². The summed E-state index contributed by atoms with van der Waals surface area (Å²) in [6.45, 7) is 4.69. The molecule has 1 aromatic carbocycles. The second-order valence-corrected chi connectivity index (χ2v) is 5.83. The van der Waals surface area contributed by atoms with Crippen LogP contribution in [0.15, 0.2) is 28.8 Å². The van der Waals surface area contributed by atoms with E-state index in [0.717, 1.165) is 37.9 Å². The topological polar surface area (TPSA) is 80.0 Å². The molecule has 3 rings (SSSR count). The Balaban J connectivity index is 1.66. The molecule has 23 heavy (non-hydrogen) atoms. The summed E-state index contributed by atoms with van der Waals surface area (Å²) in [6, 6.07) is 7.31. The third-order valence-electron chi connectivity index (χ3n) is 4.07. The van der Waals surface area contributed by atoms with Crippen molar-refractivity contribution >= 4 is 5.91 Å². The summed E-state index contributed by atoms with van der Waals surface area (Å²) in [5.41, 5.74) is 1.50. The van der Waals surface area contributed by atoms with Gasteiger partial charge in [-0.1, -0.05) is 30.6 Å². The molecule has 1 saturated heterocycles. The van der Waals surface area contributed by atoms with Crippen molar-refractivity contribution in [1.82, 2.24) is 20.8 Å². The number of hydrogen-bond acceptors (Lipinski definition) is 5. The highest BCUT2D eigenvalue weighted by Crippen LogP contribution is 2.24. The molecule has 0 saturated carbocycles. The van der Waals surface area contributed by atoms with Gasteiger partial charge < -0.3 is 15.2 Å². The molecule has 6 heteroatoms. The first-order valence-electron chi connectivity index (χ1n) is 8.21. The van der Waals surface area contributed by atoms with Crippen molar-refractivity contribution in [2.45, 2.75) is 32.1 Å². The summed E-state index contributed by atoms with van der Waals surface area (Å²) in [4.78, 5) is 16.5. The van der Waals surface area contributed by atoms with Crippen molar-refractivity contribution in [3.05, 3.63) is 35.7 Å². The molecule has 1 aliphatic rings. The number of rotatable bonds is 6. The van der Waals surface area contributed by atoms with Gasteiger partial charge in [-0.3, -0.25) is 4.79 Å². The van der Waals surface area contributed by atoms with Crippen molar-refractivity contribution < 1.29 is 9.32 Å². The van der Waals surface area contributed by atoms with Crippen LogP contribution in [0.2, 0.25) is 0 Å². The summed E-state index contributed by atoms with van der Waals surface area (Å²) < 4.78 is 5.37. The zero-order chi connectivity index (χ0) is 16.1. The number of nitrogens with one attached hydrogen (secondary N) is 2. The number of benzene rings is 1. The van der Waals surface area contributed by atoms with Gasteiger partial charge in [-0.25, -0.2) is 0 Å². The van der Waals surface area contributed by atoms with Crippen LogP contribution in [-0.2, 0) is 0 Å². The molecule has 1 unspecified atom stereocenters. The lowest BCUT2D eigenvalue weighted by Gasteiger charge is -2.04. The van der Waals surface area contributed by atoms with E-state index in [0.29, 0.717) is 29.7 Å². The second-order valence-electron chi connectivity index (χ2n) is 5.83. The molecule has 1 aliphatic heterocycles. The quantitative estimate of drug-likeness (QED) is 0.800. The normalized spacial score (nSPS) is 17.3. The van der Waals surface area contributed by atoms with E-state index in [9.17, 15) is 4.79 Å². The molecular formula is C17H22N4O2. The van der Waals surface area contributed by atoms with Gasteiger partial charge >= 0.3 is 0 Å². The predicted molar refractivity (Wildman–Crippen MR) is 87.2 cm³/mol. The first kappa shape index (κ1) is 15.7. The molecule has 0 radical (unpaired) electrons. The third-order valence-corrected chi connectivity index (χ3v) is 4.07. The molecule has 6 nitrogen and oxygen atoms in total. The summed E-state index contributed by atoms with van der Waals surface area (Å²) in [5.74, 6) is 1.52. The van der Waals surface area contributed by atoms with Crippen molar-refractivity contribution in [3.8, 4) is 11.4 Å². The van der Waals surface area contributed by atoms with E-state index in [2.05, 4.69) is 27.7 Å². The van der Waals surface area contributed by atoms with Gasteiger partial charge in [-0.15, -0.1) is 0 Å². The highest BCUT2D eigenvalue weighted by Gasteiger charge is 2.23. The highest BCUT2D eigenvalue weighted by molar-refractivity contribution is 5.94. The van der Waals surface area contributed by atoms with E-state index in [-0.39, 0.29) is 5.91 Å². The molecule has 0 spiro atoms. The Bertz CT molecular complexity index is 645. The largest absolute Gasteiger partial charge is 0.352 e. The van der Waals surface area contributed by atoms with Gasteiger partial charge in [0.05, 0.1) is 5.92 Å². The molecule has 1 amide bonds. The Morgan fingerprint density at radius 1 is 1.39 bits per heavy atom. The van der Waals surface area contributed by atoms with Crippen LogP contribution in [0.4, 0.5) is 0 Å². The van der Waals surface area contributed by atoms with Crippen molar-refractivity contribution in [2.75, 3.05) is 19.6 Å². The Labute approximate surface area is 135 Å². The smallest absolute Gasteiger partial charge is 0.251 e. The number of unbranched alkanes of at least 4 members (excludes halogenated alkanes) is 1. The minimum Gasteiger partial charge on any atom is -0.352 e. The van der Waals surface area contributed by atoms with Crippen LogP contribution < -0.4 is 10.6 Å². The van der Waals surface area contributed by atoms with Crippen LogP contribution in [0.25, 0.3) is 11.4 Å². The highest BCUT2D eigenvalue weighted by atomic mass is 16.5. The predicted octanol–water partition coefficient (Wildman–Crippen LogP) is 2.34. The summed E-state index contributed by atoms with van der Waals surface area (Å²) in [7, 11) is 0. The molecule has 2 heterocycles. The molecular weight excluding hydrogens is 292 g/mol. The van der Waals surface area contributed by atoms with Gasteiger partial charge in [0.1, 0.15) is 0 Å². The number of nitrogens with zero attached hydrogens (tertiary/aromatic N) is 2. The van der Waals surface area contributed by atoms with E-state index in [4.69, 9.17) is 4.52 Å². The van der Waals surface area contributed by atoms with Crippen LogP contribution in [0.1, 0.15) is 48.4 Å². The second kappa shape index (κ2) is 7.37.